The van der Waals surface area contributed by atoms with Gasteiger partial charge >= 0.3 is 0 Å². The van der Waals surface area contributed by atoms with Crippen LogP contribution in [-0.2, 0) is 0 Å². The van der Waals surface area contributed by atoms with Crippen molar-refractivity contribution in [3.8, 4) is 11.1 Å². The van der Waals surface area contributed by atoms with E-state index in [1.807, 2.05) is 12.1 Å². The van der Waals surface area contributed by atoms with Crippen LogP contribution in [0.5, 0.6) is 0 Å². The molecule has 5 aromatic rings. The molecule has 1 heterocycles. The summed E-state index contributed by atoms with van der Waals surface area (Å²) in [6.07, 6.45) is 8.92. The topological polar surface area (TPSA) is 35.5 Å². The van der Waals surface area contributed by atoms with Gasteiger partial charge in [-0.05, 0) is 67.0 Å². The summed E-state index contributed by atoms with van der Waals surface area (Å²) in [5.41, 5.74) is 18.2. The van der Waals surface area contributed by atoms with Crippen molar-refractivity contribution < 1.29 is 4.58 Å². The first-order valence-electron chi connectivity index (χ1n) is 15.9. The summed E-state index contributed by atoms with van der Waals surface area (Å²) in [5, 5.41) is 1.12. The van der Waals surface area contributed by atoms with Gasteiger partial charge < -0.3 is 15.5 Å². The number of para-hydroxylation sites is 2. The smallest absolute Gasteiger partial charge is 0.205 e. The highest BCUT2D eigenvalue weighted by atomic mass is 32.1. The van der Waals surface area contributed by atoms with Gasteiger partial charge in [0, 0.05) is 71.8 Å². The maximum absolute atomic E-state index is 7.08. The second kappa shape index (κ2) is 13.9. The third kappa shape index (κ3) is 6.19. The van der Waals surface area contributed by atoms with E-state index in [4.69, 9.17) is 5.73 Å². The molecular formula is C41H41N4S+. The molecule has 2 N–H and O–H groups in total. The van der Waals surface area contributed by atoms with Crippen molar-refractivity contribution >= 4 is 50.4 Å². The number of hydrogen-bond donors (Lipinski definition) is 1. The Morgan fingerprint density at radius 2 is 1.24 bits per heavy atom. The predicted octanol–water partition coefficient (Wildman–Crippen LogP) is 9.95. The van der Waals surface area contributed by atoms with Gasteiger partial charge in [0.05, 0.1) is 5.69 Å². The molecule has 0 unspecified atom stereocenters. The van der Waals surface area contributed by atoms with Gasteiger partial charge in [-0.25, -0.2) is 0 Å². The van der Waals surface area contributed by atoms with Gasteiger partial charge in [0.1, 0.15) is 12.0 Å². The average molecular weight is 622 g/mol. The number of benzene rings is 4. The minimum atomic E-state index is 0.841. The van der Waals surface area contributed by atoms with Crippen LogP contribution in [0.1, 0.15) is 24.3 Å². The predicted molar refractivity (Wildman–Crippen MR) is 200 cm³/mol. The standard InChI is InChI=1S/C41H41N4S/c1-5-45(6-2)41-39(42)38(30-16-10-7-11-17-30)40(46-41)37(31-22-26-35(27-23-31)43(3)33-18-12-8-13-19-33)32-24-28-36(29-25-32)44(4)34-20-14-9-15-21-34/h7-29H,5-6,42H2,1-4H3/q+1. The first-order valence-corrected chi connectivity index (χ1v) is 16.7. The fraction of sp³-hybridized carbons (Fsp3) is 0.146. The molecular weight excluding hydrogens is 581 g/mol. The van der Waals surface area contributed by atoms with Crippen LogP contribution in [0.25, 0.3) is 16.7 Å². The summed E-state index contributed by atoms with van der Waals surface area (Å²) in [6.45, 7) is 6.18. The van der Waals surface area contributed by atoms with Crippen LogP contribution in [0.3, 0.4) is 0 Å². The van der Waals surface area contributed by atoms with Gasteiger partial charge in [0.25, 0.3) is 0 Å². The highest BCUT2D eigenvalue weighted by molar-refractivity contribution is 7.18. The first-order chi connectivity index (χ1) is 22.5. The number of anilines is 4. The molecule has 230 valence electrons. The number of thiophene rings is 1. The van der Waals surface area contributed by atoms with Gasteiger partial charge in [0.2, 0.25) is 11.4 Å². The molecule has 0 aliphatic heterocycles. The van der Waals surface area contributed by atoms with E-state index in [1.165, 1.54) is 10.5 Å². The Hall–Kier alpha value is -5.13. The van der Waals surface area contributed by atoms with Crippen LogP contribution in [0, 0.1) is 0 Å². The Morgan fingerprint density at radius 3 is 1.83 bits per heavy atom. The van der Waals surface area contributed by atoms with E-state index in [2.05, 4.69) is 170 Å². The van der Waals surface area contributed by atoms with Gasteiger partial charge in [0.15, 0.2) is 0 Å². The largest absolute Gasteiger partial charge is 0.396 e. The van der Waals surface area contributed by atoms with Crippen molar-refractivity contribution in [1.29, 1.82) is 0 Å². The number of nitrogens with two attached hydrogens (primary N) is 1. The normalized spacial score (nSPS) is 12.3. The van der Waals surface area contributed by atoms with Crippen molar-refractivity contribution in [2.45, 2.75) is 13.8 Å². The summed E-state index contributed by atoms with van der Waals surface area (Å²) >= 11 is 1.79. The molecule has 6 rings (SSSR count). The fourth-order valence-corrected chi connectivity index (χ4v) is 7.44. The van der Waals surface area contributed by atoms with Gasteiger partial charge in [-0.15, -0.1) is 11.3 Å². The highest BCUT2D eigenvalue weighted by Crippen LogP contribution is 2.50. The number of rotatable bonds is 9. The summed E-state index contributed by atoms with van der Waals surface area (Å²) in [7, 11) is 4.22. The van der Waals surface area contributed by atoms with E-state index < -0.39 is 0 Å². The van der Waals surface area contributed by atoms with Crippen LogP contribution in [0.4, 0.5) is 27.8 Å². The van der Waals surface area contributed by atoms with Gasteiger partial charge in [-0.3, -0.25) is 0 Å². The third-order valence-corrected chi connectivity index (χ3v) is 9.92. The van der Waals surface area contributed by atoms with E-state index in [0.717, 1.165) is 68.8 Å². The minimum absolute atomic E-state index is 0.841. The van der Waals surface area contributed by atoms with E-state index in [-0.39, 0.29) is 0 Å². The van der Waals surface area contributed by atoms with Crippen molar-refractivity contribution in [2.24, 2.45) is 0 Å². The van der Waals surface area contributed by atoms with E-state index >= 15 is 0 Å². The van der Waals surface area contributed by atoms with Crippen molar-refractivity contribution in [2.75, 3.05) is 42.7 Å². The van der Waals surface area contributed by atoms with Crippen LogP contribution < -0.4 is 15.5 Å². The SMILES string of the molecule is CCN(CC)c1sc(C(=C2C=CC(=[N+](C)c3ccccc3)C=C2)c2ccc(N(C)c3ccccc3)cc2)c(-c2ccccc2)c1N. The molecule has 5 heteroatoms. The van der Waals surface area contributed by atoms with Crippen LogP contribution in [-0.4, -0.2) is 37.5 Å². The molecule has 4 nitrogen and oxygen atoms in total. The Morgan fingerprint density at radius 1 is 0.696 bits per heavy atom. The molecule has 0 fully saturated rings. The molecule has 0 spiro atoms. The Bertz CT molecular complexity index is 1890. The molecule has 0 radical (unpaired) electrons. The molecule has 1 aliphatic carbocycles. The summed E-state index contributed by atoms with van der Waals surface area (Å²) in [6, 6.07) is 40.4. The number of nitrogens with zero attached hydrogens (tertiary/aromatic N) is 3. The monoisotopic (exact) mass is 621 g/mol. The van der Waals surface area contributed by atoms with Crippen LogP contribution >= 0.6 is 11.3 Å². The molecule has 46 heavy (non-hydrogen) atoms. The zero-order valence-corrected chi connectivity index (χ0v) is 27.8. The second-order valence-electron chi connectivity index (χ2n) is 11.3. The minimum Gasteiger partial charge on any atom is -0.396 e. The number of allylic oxidation sites excluding steroid dienone is 5. The Kier molecular flexibility index (Phi) is 9.32. The quantitative estimate of drug-likeness (QED) is 0.166. The van der Waals surface area contributed by atoms with Gasteiger partial charge in [-0.2, -0.15) is 4.58 Å². The van der Waals surface area contributed by atoms with Crippen LogP contribution in [0.15, 0.2) is 145 Å². The van der Waals surface area contributed by atoms with E-state index in [0.29, 0.717) is 0 Å². The maximum Gasteiger partial charge on any atom is 0.205 e. The lowest BCUT2D eigenvalue weighted by Gasteiger charge is -2.21. The highest BCUT2D eigenvalue weighted by Gasteiger charge is 2.25. The van der Waals surface area contributed by atoms with Crippen LogP contribution in [0.2, 0.25) is 0 Å². The first kappa shape index (κ1) is 30.9. The van der Waals surface area contributed by atoms with Crippen molar-refractivity contribution in [3.63, 3.8) is 0 Å². The van der Waals surface area contributed by atoms with E-state index in [9.17, 15) is 0 Å². The lowest BCUT2D eigenvalue weighted by molar-refractivity contribution is -0.403. The fourth-order valence-electron chi connectivity index (χ4n) is 5.98. The maximum atomic E-state index is 7.08. The molecule has 0 bridgehead atoms. The second-order valence-corrected chi connectivity index (χ2v) is 12.3. The van der Waals surface area contributed by atoms with E-state index in [1.54, 1.807) is 11.3 Å². The lowest BCUT2D eigenvalue weighted by atomic mass is 9.91. The average Bonchev–Trinajstić information content (AvgIpc) is 3.45. The molecule has 0 saturated carbocycles. The number of hydrogen-bond acceptors (Lipinski definition) is 4. The zero-order valence-electron chi connectivity index (χ0n) is 27.0. The Labute approximate surface area is 277 Å². The molecule has 0 atom stereocenters. The summed E-state index contributed by atoms with van der Waals surface area (Å²) in [5.74, 6) is 0. The molecule has 0 saturated heterocycles. The summed E-state index contributed by atoms with van der Waals surface area (Å²) < 4.78 is 2.22. The third-order valence-electron chi connectivity index (χ3n) is 8.64. The Balaban J connectivity index is 1.54. The zero-order chi connectivity index (χ0) is 32.0. The molecule has 0 amide bonds. The molecule has 1 aromatic heterocycles. The van der Waals surface area contributed by atoms with Crippen molar-refractivity contribution in [1.82, 2.24) is 0 Å². The van der Waals surface area contributed by atoms with Crippen molar-refractivity contribution in [3.05, 3.63) is 156 Å². The lowest BCUT2D eigenvalue weighted by Crippen LogP contribution is -2.21. The van der Waals surface area contributed by atoms with Gasteiger partial charge in [-0.1, -0.05) is 78.9 Å². The molecule has 1 aliphatic rings. The molecule has 4 aromatic carbocycles. The number of nitrogen functional groups attached to an aromatic ring is 1. The summed E-state index contributed by atoms with van der Waals surface area (Å²) in [4.78, 5) is 5.76.